The van der Waals surface area contributed by atoms with Crippen molar-refractivity contribution in [2.45, 2.75) is 38.6 Å². The average Bonchev–Trinajstić information content (AvgIpc) is 3.32. The maximum atomic E-state index is 13.4. The zero-order chi connectivity index (χ0) is 19.0. The van der Waals surface area contributed by atoms with E-state index in [-0.39, 0.29) is 17.4 Å². The number of aromatic nitrogens is 2. The molecule has 1 aromatic carbocycles. The molecular formula is C19H20F2N4O2. The van der Waals surface area contributed by atoms with Gasteiger partial charge in [0, 0.05) is 31.4 Å². The topological polar surface area (TPSA) is 67.2 Å². The van der Waals surface area contributed by atoms with E-state index in [4.69, 9.17) is 0 Å². The third-order valence-electron chi connectivity index (χ3n) is 5.09. The van der Waals surface area contributed by atoms with E-state index < -0.39 is 17.5 Å². The fourth-order valence-electron chi connectivity index (χ4n) is 3.72. The Morgan fingerprint density at radius 1 is 1.00 bits per heavy atom. The lowest BCUT2D eigenvalue weighted by atomic mass is 10.1. The van der Waals surface area contributed by atoms with E-state index in [1.165, 1.54) is 6.07 Å². The number of nitrogens with one attached hydrogen (secondary N) is 1. The predicted molar refractivity (Wildman–Crippen MR) is 94.6 cm³/mol. The molecule has 2 aliphatic rings. The van der Waals surface area contributed by atoms with Gasteiger partial charge in [-0.25, -0.2) is 13.8 Å². The van der Waals surface area contributed by atoms with Gasteiger partial charge in [-0.2, -0.15) is 0 Å². The normalized spacial score (nSPS) is 16.3. The molecule has 6 nitrogen and oxygen atoms in total. The van der Waals surface area contributed by atoms with Gasteiger partial charge < -0.3 is 14.8 Å². The number of carbonyl (C=O) groups excluding carboxylic acids is 2. The van der Waals surface area contributed by atoms with Crippen molar-refractivity contribution in [3.8, 4) is 0 Å². The highest BCUT2D eigenvalue weighted by Crippen LogP contribution is 2.24. The van der Waals surface area contributed by atoms with Crippen LogP contribution >= 0.6 is 0 Å². The first-order chi connectivity index (χ1) is 13.0. The number of hydrogen-bond acceptors (Lipinski definition) is 3. The monoisotopic (exact) mass is 374 g/mol. The summed E-state index contributed by atoms with van der Waals surface area (Å²) in [7, 11) is 0. The van der Waals surface area contributed by atoms with E-state index in [2.05, 4.69) is 10.3 Å². The van der Waals surface area contributed by atoms with Gasteiger partial charge in [0.1, 0.15) is 5.69 Å². The molecule has 0 bridgehead atoms. The quantitative estimate of drug-likeness (QED) is 0.898. The smallest absolute Gasteiger partial charge is 0.291 e. The molecule has 2 aromatic rings. The minimum atomic E-state index is -1.04. The van der Waals surface area contributed by atoms with Crippen molar-refractivity contribution in [2.75, 3.05) is 18.4 Å². The summed E-state index contributed by atoms with van der Waals surface area (Å²) in [5.74, 6) is -2.56. The summed E-state index contributed by atoms with van der Waals surface area (Å²) in [6, 6.07) is 3.16. The number of carbonyl (C=O) groups is 2. The molecule has 8 heteroatoms. The van der Waals surface area contributed by atoms with Crippen molar-refractivity contribution in [1.82, 2.24) is 14.5 Å². The third-order valence-corrected chi connectivity index (χ3v) is 5.09. The molecule has 1 fully saturated rings. The van der Waals surface area contributed by atoms with E-state index in [9.17, 15) is 18.4 Å². The van der Waals surface area contributed by atoms with Crippen molar-refractivity contribution in [1.29, 1.82) is 0 Å². The Balaban J connectivity index is 1.64. The van der Waals surface area contributed by atoms with Crippen molar-refractivity contribution in [3.05, 3.63) is 47.0 Å². The van der Waals surface area contributed by atoms with Crippen LogP contribution in [0.1, 0.15) is 52.5 Å². The summed E-state index contributed by atoms with van der Waals surface area (Å²) < 4.78 is 28.2. The number of hydrogen-bond donors (Lipinski definition) is 1. The van der Waals surface area contributed by atoms with Gasteiger partial charge in [0.2, 0.25) is 0 Å². The molecule has 2 aliphatic heterocycles. The summed E-state index contributed by atoms with van der Waals surface area (Å²) in [5, 5.41) is 2.54. The highest BCUT2D eigenvalue weighted by atomic mass is 19.2. The van der Waals surface area contributed by atoms with Crippen LogP contribution in [0.5, 0.6) is 0 Å². The number of halogens is 2. The Kier molecular flexibility index (Phi) is 4.63. The average molecular weight is 374 g/mol. The van der Waals surface area contributed by atoms with Crippen molar-refractivity contribution in [3.63, 3.8) is 0 Å². The summed E-state index contributed by atoms with van der Waals surface area (Å²) in [6.07, 6.45) is 4.49. The van der Waals surface area contributed by atoms with Crippen LogP contribution in [0.15, 0.2) is 18.2 Å². The van der Waals surface area contributed by atoms with E-state index in [0.29, 0.717) is 31.7 Å². The molecule has 1 aromatic heterocycles. The first kappa shape index (κ1) is 17.6. The minimum absolute atomic E-state index is 0.134. The van der Waals surface area contributed by atoms with E-state index in [1.54, 1.807) is 9.47 Å². The minimum Gasteiger partial charge on any atom is -0.337 e. The van der Waals surface area contributed by atoms with Gasteiger partial charge in [-0.05, 0) is 44.2 Å². The van der Waals surface area contributed by atoms with Gasteiger partial charge in [-0.15, -0.1) is 0 Å². The molecule has 0 unspecified atom stereocenters. The zero-order valence-electron chi connectivity index (χ0n) is 14.8. The van der Waals surface area contributed by atoms with E-state index in [0.717, 1.165) is 43.5 Å². The molecule has 142 valence electrons. The Bertz CT molecular complexity index is 903. The Hall–Kier alpha value is -2.77. The van der Waals surface area contributed by atoms with Gasteiger partial charge in [0.25, 0.3) is 11.8 Å². The van der Waals surface area contributed by atoms with Crippen molar-refractivity contribution >= 4 is 17.5 Å². The number of benzene rings is 1. The van der Waals surface area contributed by atoms with Gasteiger partial charge in [0.05, 0.1) is 5.69 Å². The first-order valence-corrected chi connectivity index (χ1v) is 9.19. The second-order valence-electron chi connectivity index (χ2n) is 6.92. The molecule has 1 N–H and O–H groups in total. The Labute approximate surface area is 155 Å². The van der Waals surface area contributed by atoms with Crippen LogP contribution in [0, 0.1) is 11.6 Å². The lowest BCUT2D eigenvalue weighted by Gasteiger charge is -2.18. The Morgan fingerprint density at radius 3 is 2.48 bits per heavy atom. The van der Waals surface area contributed by atoms with Gasteiger partial charge in [-0.3, -0.25) is 9.59 Å². The van der Waals surface area contributed by atoms with E-state index >= 15 is 0 Å². The van der Waals surface area contributed by atoms with Crippen molar-refractivity contribution in [2.24, 2.45) is 0 Å². The fraction of sp³-hybridized carbons (Fsp3) is 0.421. The highest BCUT2D eigenvalue weighted by Gasteiger charge is 2.30. The number of imidazole rings is 1. The molecule has 1 saturated heterocycles. The third kappa shape index (κ3) is 3.31. The summed E-state index contributed by atoms with van der Waals surface area (Å²) in [5.41, 5.74) is 1.26. The largest absolute Gasteiger partial charge is 0.337 e. The molecule has 0 saturated carbocycles. The summed E-state index contributed by atoms with van der Waals surface area (Å²) in [4.78, 5) is 31.7. The van der Waals surface area contributed by atoms with Crippen LogP contribution < -0.4 is 5.32 Å². The molecule has 0 spiro atoms. The lowest BCUT2D eigenvalue weighted by molar-refractivity contribution is 0.0786. The molecule has 3 heterocycles. The number of amides is 2. The SMILES string of the molecule is O=C(Nc1ccc(F)c(F)c1)c1nc(C(=O)N2CCCC2)c2n1CCCC2. The molecule has 0 atom stereocenters. The van der Waals surface area contributed by atoms with Gasteiger partial charge >= 0.3 is 0 Å². The first-order valence-electron chi connectivity index (χ1n) is 9.19. The predicted octanol–water partition coefficient (Wildman–Crippen LogP) is 2.99. The maximum absolute atomic E-state index is 13.4. The Morgan fingerprint density at radius 2 is 1.74 bits per heavy atom. The second-order valence-corrected chi connectivity index (χ2v) is 6.92. The molecule has 0 radical (unpaired) electrons. The van der Waals surface area contributed by atoms with Crippen LogP contribution in [-0.4, -0.2) is 39.4 Å². The number of anilines is 1. The molecule has 4 rings (SSSR count). The van der Waals surface area contributed by atoms with Crippen molar-refractivity contribution < 1.29 is 18.4 Å². The fourth-order valence-corrected chi connectivity index (χ4v) is 3.72. The summed E-state index contributed by atoms with van der Waals surface area (Å²) >= 11 is 0. The highest BCUT2D eigenvalue weighted by molar-refractivity contribution is 6.03. The lowest BCUT2D eigenvalue weighted by Crippen LogP contribution is -2.29. The van der Waals surface area contributed by atoms with Crippen LogP contribution in [0.4, 0.5) is 14.5 Å². The molecule has 27 heavy (non-hydrogen) atoms. The second kappa shape index (κ2) is 7.09. The van der Waals surface area contributed by atoms with Crippen LogP contribution in [0.25, 0.3) is 0 Å². The molecular weight excluding hydrogens is 354 g/mol. The van der Waals surface area contributed by atoms with Gasteiger partial charge in [-0.1, -0.05) is 0 Å². The van der Waals surface area contributed by atoms with Crippen LogP contribution in [-0.2, 0) is 13.0 Å². The number of nitrogens with zero attached hydrogens (tertiary/aromatic N) is 3. The van der Waals surface area contributed by atoms with Crippen LogP contribution in [0.3, 0.4) is 0 Å². The molecule has 2 amide bonds. The molecule has 0 aliphatic carbocycles. The number of likely N-dealkylation sites (tertiary alicyclic amines) is 1. The summed E-state index contributed by atoms with van der Waals surface area (Å²) in [6.45, 7) is 2.03. The number of fused-ring (bicyclic) bond motifs is 1. The zero-order valence-corrected chi connectivity index (χ0v) is 14.8. The number of rotatable bonds is 3. The van der Waals surface area contributed by atoms with E-state index in [1.807, 2.05) is 0 Å². The van der Waals surface area contributed by atoms with Gasteiger partial charge in [0.15, 0.2) is 17.5 Å². The van der Waals surface area contributed by atoms with Crippen LogP contribution in [0.2, 0.25) is 0 Å². The standard InChI is InChI=1S/C19H20F2N4O2/c20-13-7-6-12(11-14(13)21)22-18(26)17-23-16(15-5-1-2-10-25(15)17)19(27)24-8-3-4-9-24/h6-7,11H,1-5,8-10H2,(H,22,26). The maximum Gasteiger partial charge on any atom is 0.291 e.